The van der Waals surface area contributed by atoms with Gasteiger partial charge in [0, 0.05) is 10.6 Å². The van der Waals surface area contributed by atoms with Crippen molar-refractivity contribution in [1.82, 2.24) is 4.98 Å². The van der Waals surface area contributed by atoms with Crippen LogP contribution in [0.4, 0.5) is 0 Å². The number of benzene rings is 1. The normalized spacial score (nSPS) is 10.4. The molecule has 2 rings (SSSR count). The van der Waals surface area contributed by atoms with Crippen molar-refractivity contribution >= 4 is 11.6 Å². The highest BCUT2D eigenvalue weighted by Gasteiger charge is 2.05. The maximum absolute atomic E-state index is 8.79. The molecule has 0 radical (unpaired) electrons. The first-order chi connectivity index (χ1) is 6.79. The van der Waals surface area contributed by atoms with Crippen LogP contribution in [0.15, 0.2) is 34.9 Å². The second-order valence-electron chi connectivity index (χ2n) is 2.80. The lowest BCUT2D eigenvalue weighted by Crippen LogP contribution is -1.76. The largest absolute Gasteiger partial charge is 0.439 e. The van der Waals surface area contributed by atoms with Gasteiger partial charge in [-0.15, -0.1) is 0 Å². The van der Waals surface area contributed by atoms with Gasteiger partial charge < -0.3 is 9.52 Å². The molecule has 0 saturated heterocycles. The van der Waals surface area contributed by atoms with Crippen molar-refractivity contribution in [3.05, 3.63) is 41.2 Å². The topological polar surface area (TPSA) is 46.3 Å². The van der Waals surface area contributed by atoms with Gasteiger partial charge in [-0.25, -0.2) is 4.98 Å². The third-order valence-corrected chi connectivity index (χ3v) is 2.02. The molecule has 0 atom stereocenters. The summed E-state index contributed by atoms with van der Waals surface area (Å²) in [4.78, 5) is 4.01. The smallest absolute Gasteiger partial charge is 0.226 e. The lowest BCUT2D eigenvalue weighted by molar-refractivity contribution is 0.248. The van der Waals surface area contributed by atoms with Crippen LogP contribution in [0.5, 0.6) is 0 Å². The summed E-state index contributed by atoms with van der Waals surface area (Å²) < 4.78 is 5.25. The van der Waals surface area contributed by atoms with E-state index in [-0.39, 0.29) is 6.61 Å². The summed E-state index contributed by atoms with van der Waals surface area (Å²) in [5.41, 5.74) is 0.803. The summed E-state index contributed by atoms with van der Waals surface area (Å²) in [5, 5.41) is 9.42. The van der Waals surface area contributed by atoms with Crippen molar-refractivity contribution < 1.29 is 9.52 Å². The number of hydrogen-bond acceptors (Lipinski definition) is 3. The average Bonchev–Trinajstić information content (AvgIpc) is 2.66. The van der Waals surface area contributed by atoms with Crippen LogP contribution < -0.4 is 0 Å². The van der Waals surface area contributed by atoms with Crippen LogP contribution in [0.2, 0.25) is 5.02 Å². The summed E-state index contributed by atoms with van der Waals surface area (Å²) in [7, 11) is 0. The van der Waals surface area contributed by atoms with Gasteiger partial charge in [-0.2, -0.15) is 0 Å². The minimum absolute atomic E-state index is 0.145. The fourth-order valence-corrected chi connectivity index (χ4v) is 1.33. The Morgan fingerprint density at radius 2 is 2.29 bits per heavy atom. The van der Waals surface area contributed by atoms with Crippen molar-refractivity contribution in [1.29, 1.82) is 0 Å². The van der Waals surface area contributed by atoms with Crippen LogP contribution in [0.3, 0.4) is 0 Å². The zero-order valence-electron chi connectivity index (χ0n) is 7.27. The maximum Gasteiger partial charge on any atom is 0.226 e. The monoisotopic (exact) mass is 209 g/mol. The maximum atomic E-state index is 8.79. The molecule has 1 aromatic carbocycles. The molecule has 0 aliphatic heterocycles. The Balaban J connectivity index is 2.39. The van der Waals surface area contributed by atoms with Crippen LogP contribution >= 0.6 is 11.6 Å². The van der Waals surface area contributed by atoms with E-state index < -0.39 is 0 Å². The lowest BCUT2D eigenvalue weighted by atomic mass is 10.2. The Morgan fingerprint density at radius 1 is 1.43 bits per heavy atom. The van der Waals surface area contributed by atoms with Crippen molar-refractivity contribution in [3.63, 3.8) is 0 Å². The highest BCUT2D eigenvalue weighted by atomic mass is 35.5. The molecule has 0 spiro atoms. The number of halogens is 1. The predicted octanol–water partition coefficient (Wildman–Crippen LogP) is 2.49. The van der Waals surface area contributed by atoms with E-state index in [4.69, 9.17) is 21.1 Å². The van der Waals surface area contributed by atoms with E-state index in [1.54, 1.807) is 12.1 Å². The van der Waals surface area contributed by atoms with Crippen LogP contribution in [0, 0.1) is 0 Å². The Kier molecular flexibility index (Phi) is 2.52. The molecule has 4 heteroatoms. The van der Waals surface area contributed by atoms with Crippen LogP contribution in [0.25, 0.3) is 11.5 Å². The molecule has 1 aromatic heterocycles. The molecule has 3 nitrogen and oxygen atoms in total. The van der Waals surface area contributed by atoms with Crippen molar-refractivity contribution in [3.8, 4) is 11.5 Å². The van der Waals surface area contributed by atoms with Gasteiger partial charge in [0.15, 0.2) is 0 Å². The second kappa shape index (κ2) is 3.82. The minimum atomic E-state index is -0.145. The molecule has 1 heterocycles. The van der Waals surface area contributed by atoms with E-state index in [1.807, 2.05) is 12.1 Å². The number of aliphatic hydroxyl groups excluding tert-OH is 1. The Labute approximate surface area is 86.0 Å². The molecule has 0 aliphatic rings. The number of hydrogen-bond donors (Lipinski definition) is 1. The van der Waals surface area contributed by atoms with E-state index in [0.29, 0.717) is 16.7 Å². The van der Waals surface area contributed by atoms with Crippen molar-refractivity contribution in [2.75, 3.05) is 0 Å². The SMILES string of the molecule is OCc1cnc(-c2cccc(Cl)c2)o1. The zero-order valence-corrected chi connectivity index (χ0v) is 8.03. The minimum Gasteiger partial charge on any atom is -0.439 e. The molecule has 0 amide bonds. The summed E-state index contributed by atoms with van der Waals surface area (Å²) >= 11 is 5.82. The van der Waals surface area contributed by atoms with Gasteiger partial charge in [-0.1, -0.05) is 17.7 Å². The van der Waals surface area contributed by atoms with Gasteiger partial charge in [-0.3, -0.25) is 0 Å². The Hall–Kier alpha value is -1.32. The van der Waals surface area contributed by atoms with E-state index in [0.717, 1.165) is 5.56 Å². The van der Waals surface area contributed by atoms with Crippen molar-refractivity contribution in [2.45, 2.75) is 6.61 Å². The van der Waals surface area contributed by atoms with Gasteiger partial charge in [-0.05, 0) is 18.2 Å². The number of rotatable bonds is 2. The van der Waals surface area contributed by atoms with Gasteiger partial charge >= 0.3 is 0 Å². The standard InChI is InChI=1S/C10H8ClNO2/c11-8-3-1-2-7(4-8)10-12-5-9(6-13)14-10/h1-5,13H,6H2. The Morgan fingerprint density at radius 3 is 2.93 bits per heavy atom. The average molecular weight is 210 g/mol. The molecule has 14 heavy (non-hydrogen) atoms. The molecule has 0 saturated carbocycles. The molecule has 0 fully saturated rings. The summed E-state index contributed by atoms with van der Waals surface area (Å²) in [5.74, 6) is 0.913. The van der Waals surface area contributed by atoms with Gasteiger partial charge in [0.2, 0.25) is 5.89 Å². The number of aromatic nitrogens is 1. The molecular weight excluding hydrogens is 202 g/mol. The highest BCUT2D eigenvalue weighted by Crippen LogP contribution is 2.22. The summed E-state index contributed by atoms with van der Waals surface area (Å²) in [6.07, 6.45) is 1.50. The second-order valence-corrected chi connectivity index (χ2v) is 3.24. The molecule has 72 valence electrons. The third kappa shape index (κ3) is 1.78. The van der Waals surface area contributed by atoms with Gasteiger partial charge in [0.1, 0.15) is 12.4 Å². The first kappa shape index (κ1) is 9.24. The molecule has 1 N–H and O–H groups in total. The first-order valence-electron chi connectivity index (χ1n) is 4.11. The van der Waals surface area contributed by atoms with Crippen LogP contribution in [-0.4, -0.2) is 10.1 Å². The highest BCUT2D eigenvalue weighted by molar-refractivity contribution is 6.30. The fourth-order valence-electron chi connectivity index (χ4n) is 1.14. The molecular formula is C10H8ClNO2. The quantitative estimate of drug-likeness (QED) is 0.827. The first-order valence-corrected chi connectivity index (χ1v) is 4.49. The fraction of sp³-hybridized carbons (Fsp3) is 0.100. The molecule has 2 aromatic rings. The van der Waals surface area contributed by atoms with E-state index in [1.165, 1.54) is 6.20 Å². The summed E-state index contributed by atoms with van der Waals surface area (Å²) in [6.45, 7) is -0.145. The van der Waals surface area contributed by atoms with E-state index >= 15 is 0 Å². The van der Waals surface area contributed by atoms with Gasteiger partial charge in [0.05, 0.1) is 6.20 Å². The molecule has 0 aliphatic carbocycles. The molecule has 0 bridgehead atoms. The number of aliphatic hydroxyl groups is 1. The number of oxazole rings is 1. The van der Waals surface area contributed by atoms with Crippen molar-refractivity contribution in [2.24, 2.45) is 0 Å². The third-order valence-electron chi connectivity index (χ3n) is 1.78. The number of nitrogens with zero attached hydrogens (tertiary/aromatic N) is 1. The van der Waals surface area contributed by atoms with Gasteiger partial charge in [0.25, 0.3) is 0 Å². The summed E-state index contributed by atoms with van der Waals surface area (Å²) in [6, 6.07) is 7.20. The Bertz CT molecular complexity index is 439. The van der Waals surface area contributed by atoms with Crippen LogP contribution in [0.1, 0.15) is 5.76 Å². The van der Waals surface area contributed by atoms with E-state index in [9.17, 15) is 0 Å². The van der Waals surface area contributed by atoms with Crippen LogP contribution in [-0.2, 0) is 6.61 Å². The zero-order chi connectivity index (χ0) is 9.97. The predicted molar refractivity (Wildman–Crippen MR) is 52.9 cm³/mol. The lowest BCUT2D eigenvalue weighted by Gasteiger charge is -1.95. The van der Waals surface area contributed by atoms with E-state index in [2.05, 4.69) is 4.98 Å². The molecule has 0 unspecified atom stereocenters.